The van der Waals surface area contributed by atoms with Crippen LogP contribution in [0.4, 0.5) is 0 Å². The number of aromatic nitrogens is 4. The number of benzene rings is 3. The third kappa shape index (κ3) is 6.91. The zero-order valence-corrected chi connectivity index (χ0v) is 22.9. The number of tetrazole rings is 1. The van der Waals surface area contributed by atoms with Crippen molar-refractivity contribution in [2.75, 3.05) is 32.8 Å². The first-order valence-electron chi connectivity index (χ1n) is 13.9. The van der Waals surface area contributed by atoms with Gasteiger partial charge in [0.05, 0.1) is 12.6 Å². The largest absolute Gasteiger partial charge is 0.508 e. The fraction of sp³-hybridized carbons (Fsp3) is 0.355. The number of aromatic hydroxyl groups is 1. The molecule has 1 aliphatic heterocycles. The second-order valence-corrected chi connectivity index (χ2v) is 10.1. The predicted octanol–water partition coefficient (Wildman–Crippen LogP) is 4.30. The van der Waals surface area contributed by atoms with Crippen molar-refractivity contribution in [2.45, 2.75) is 38.9 Å². The number of esters is 1. The number of aryl methyl sites for hydroxylation is 1. The summed E-state index contributed by atoms with van der Waals surface area (Å²) in [5.41, 5.74) is 4.45. The maximum Gasteiger partial charge on any atom is 0.305 e. The minimum atomic E-state index is -0.208. The first-order valence-corrected chi connectivity index (χ1v) is 13.9. The molecule has 1 saturated heterocycles. The number of piperazine rings is 1. The summed E-state index contributed by atoms with van der Waals surface area (Å²) in [5.74, 6) is 0.725. The Kier molecular flexibility index (Phi) is 9.15. The molecule has 1 unspecified atom stereocenters. The summed E-state index contributed by atoms with van der Waals surface area (Å²) in [6, 6.07) is 26.5. The van der Waals surface area contributed by atoms with Crippen molar-refractivity contribution in [3.63, 3.8) is 0 Å². The molecule has 0 spiro atoms. The van der Waals surface area contributed by atoms with E-state index in [9.17, 15) is 9.90 Å². The number of hydrogen-bond donors (Lipinski definition) is 1. The molecule has 1 aliphatic rings. The molecule has 0 saturated carbocycles. The van der Waals surface area contributed by atoms with Gasteiger partial charge in [0.15, 0.2) is 5.82 Å². The lowest BCUT2D eigenvalue weighted by Gasteiger charge is -2.40. The van der Waals surface area contributed by atoms with E-state index in [0.717, 1.165) is 49.4 Å². The maximum absolute atomic E-state index is 11.7. The summed E-state index contributed by atoms with van der Waals surface area (Å²) in [5, 5.41) is 22.5. The normalized spacial score (nSPS) is 15.1. The van der Waals surface area contributed by atoms with Crippen LogP contribution in [0.3, 0.4) is 0 Å². The summed E-state index contributed by atoms with van der Waals surface area (Å²) in [4.78, 5) is 16.7. The number of hydrogen-bond acceptors (Lipinski definition) is 8. The fourth-order valence-corrected chi connectivity index (χ4v) is 5.31. The van der Waals surface area contributed by atoms with Gasteiger partial charge in [0.1, 0.15) is 5.75 Å². The molecule has 9 heteroatoms. The fourth-order valence-electron chi connectivity index (χ4n) is 5.31. The van der Waals surface area contributed by atoms with Gasteiger partial charge in [-0.1, -0.05) is 66.7 Å². The minimum Gasteiger partial charge on any atom is -0.508 e. The molecular weight excluding hydrogens is 504 g/mol. The molecule has 208 valence electrons. The zero-order valence-electron chi connectivity index (χ0n) is 22.9. The van der Waals surface area contributed by atoms with E-state index in [1.807, 2.05) is 24.3 Å². The molecule has 40 heavy (non-hydrogen) atoms. The summed E-state index contributed by atoms with van der Waals surface area (Å²) >= 11 is 0. The van der Waals surface area contributed by atoms with Gasteiger partial charge in [-0.05, 0) is 52.6 Å². The number of carbonyl (C=O) groups excluding carboxylic acids is 1. The van der Waals surface area contributed by atoms with Crippen molar-refractivity contribution in [1.82, 2.24) is 30.0 Å². The van der Waals surface area contributed by atoms with Crippen molar-refractivity contribution < 1.29 is 14.6 Å². The highest BCUT2D eigenvalue weighted by Gasteiger charge is 2.27. The van der Waals surface area contributed by atoms with Crippen LogP contribution in [0.2, 0.25) is 0 Å². The van der Waals surface area contributed by atoms with E-state index < -0.39 is 0 Å². The third-order valence-electron chi connectivity index (χ3n) is 7.28. The van der Waals surface area contributed by atoms with E-state index in [2.05, 4.69) is 73.9 Å². The number of carbonyl (C=O) groups is 1. The lowest BCUT2D eigenvalue weighted by Crippen LogP contribution is -2.47. The van der Waals surface area contributed by atoms with Gasteiger partial charge in [-0.3, -0.25) is 14.6 Å². The Labute approximate surface area is 235 Å². The predicted molar refractivity (Wildman–Crippen MR) is 152 cm³/mol. The highest BCUT2D eigenvalue weighted by atomic mass is 16.5. The number of ether oxygens (including phenoxy) is 1. The van der Waals surface area contributed by atoms with Crippen LogP contribution in [0.15, 0.2) is 78.9 Å². The number of phenols is 1. The second-order valence-electron chi connectivity index (χ2n) is 10.1. The van der Waals surface area contributed by atoms with Crippen LogP contribution in [-0.4, -0.2) is 73.9 Å². The van der Waals surface area contributed by atoms with Crippen LogP contribution >= 0.6 is 0 Å². The van der Waals surface area contributed by atoms with Gasteiger partial charge in [0, 0.05) is 51.3 Å². The van der Waals surface area contributed by atoms with E-state index in [1.54, 1.807) is 17.7 Å². The number of rotatable bonds is 11. The Morgan fingerprint density at radius 1 is 0.950 bits per heavy atom. The van der Waals surface area contributed by atoms with E-state index in [1.165, 1.54) is 5.56 Å². The van der Waals surface area contributed by atoms with Crippen molar-refractivity contribution in [3.05, 3.63) is 95.6 Å². The zero-order chi connectivity index (χ0) is 27.7. The Balaban J connectivity index is 1.30. The smallest absolute Gasteiger partial charge is 0.305 e. The Bertz CT molecular complexity index is 1370. The van der Waals surface area contributed by atoms with Gasteiger partial charge in [-0.2, -0.15) is 0 Å². The topological polar surface area (TPSA) is 96.6 Å². The molecule has 5 rings (SSSR count). The summed E-state index contributed by atoms with van der Waals surface area (Å²) in [7, 11) is 0. The van der Waals surface area contributed by atoms with Crippen molar-refractivity contribution in [3.8, 4) is 17.1 Å². The van der Waals surface area contributed by atoms with Crippen LogP contribution in [0.5, 0.6) is 5.75 Å². The maximum atomic E-state index is 11.7. The van der Waals surface area contributed by atoms with Crippen molar-refractivity contribution in [1.29, 1.82) is 0 Å². The molecule has 3 aromatic carbocycles. The van der Waals surface area contributed by atoms with Crippen LogP contribution in [0, 0.1) is 0 Å². The highest BCUT2D eigenvalue weighted by molar-refractivity contribution is 5.69. The summed E-state index contributed by atoms with van der Waals surface area (Å²) in [6.07, 6.45) is 0.932. The Hall–Kier alpha value is -4.08. The van der Waals surface area contributed by atoms with Gasteiger partial charge in [0.25, 0.3) is 0 Å². The molecule has 4 aromatic rings. The molecule has 9 nitrogen and oxygen atoms in total. The van der Waals surface area contributed by atoms with E-state index >= 15 is 0 Å². The van der Waals surface area contributed by atoms with Crippen LogP contribution in [0.1, 0.15) is 42.5 Å². The van der Waals surface area contributed by atoms with Gasteiger partial charge in [0.2, 0.25) is 0 Å². The molecule has 1 atom stereocenters. The average Bonchev–Trinajstić information content (AvgIpc) is 3.44. The molecule has 1 aromatic heterocycles. The molecule has 0 radical (unpaired) electrons. The summed E-state index contributed by atoms with van der Waals surface area (Å²) < 4.78 is 6.74. The van der Waals surface area contributed by atoms with E-state index in [4.69, 9.17) is 4.74 Å². The SMILES string of the molecule is CCOC(=O)CCCn1nnnc1-c1ccc(C(c2cccc(O)c2)N2CCN(Cc3ccccc3)CC2)cc1. The van der Waals surface area contributed by atoms with Crippen molar-refractivity contribution >= 4 is 5.97 Å². The van der Waals surface area contributed by atoms with Gasteiger partial charge < -0.3 is 9.84 Å². The second kappa shape index (κ2) is 13.3. The van der Waals surface area contributed by atoms with Crippen LogP contribution in [0.25, 0.3) is 11.4 Å². The molecule has 0 bridgehead atoms. The quantitative estimate of drug-likeness (QED) is 0.282. The minimum absolute atomic E-state index is 0.0144. The molecular formula is C31H36N6O3. The van der Waals surface area contributed by atoms with Gasteiger partial charge >= 0.3 is 5.97 Å². The Morgan fingerprint density at radius 3 is 2.45 bits per heavy atom. The lowest BCUT2D eigenvalue weighted by molar-refractivity contribution is -0.143. The molecule has 1 fully saturated rings. The van der Waals surface area contributed by atoms with Crippen LogP contribution in [-0.2, 0) is 22.6 Å². The number of phenolic OH excluding ortho intramolecular Hbond substituents is 1. The van der Waals surface area contributed by atoms with Gasteiger partial charge in [-0.25, -0.2) is 4.68 Å². The molecule has 0 aliphatic carbocycles. The standard InChI is InChI=1S/C31H36N6O3/c1-2-40-29(39)12-7-17-37-31(32-33-34-37)26-15-13-25(14-16-26)30(27-10-6-11-28(38)22-27)36-20-18-35(19-21-36)23-24-8-4-3-5-9-24/h3-6,8-11,13-16,22,30,38H,2,7,12,17-21,23H2,1H3. The monoisotopic (exact) mass is 540 g/mol. The average molecular weight is 541 g/mol. The van der Waals surface area contributed by atoms with E-state index in [0.29, 0.717) is 31.8 Å². The number of nitrogens with zero attached hydrogens (tertiary/aromatic N) is 6. The summed E-state index contributed by atoms with van der Waals surface area (Å²) in [6.45, 7) is 7.47. The Morgan fingerprint density at radius 2 is 1.73 bits per heavy atom. The highest BCUT2D eigenvalue weighted by Crippen LogP contribution is 2.32. The first-order chi connectivity index (χ1) is 19.6. The lowest BCUT2D eigenvalue weighted by atomic mass is 9.95. The molecule has 1 N–H and O–H groups in total. The molecule has 2 heterocycles. The molecule has 0 amide bonds. The van der Waals surface area contributed by atoms with Crippen LogP contribution < -0.4 is 0 Å². The van der Waals surface area contributed by atoms with Gasteiger partial charge in [-0.15, -0.1) is 5.10 Å². The first kappa shape index (κ1) is 27.5. The van der Waals surface area contributed by atoms with Crippen molar-refractivity contribution in [2.24, 2.45) is 0 Å². The third-order valence-corrected chi connectivity index (χ3v) is 7.28. The van der Waals surface area contributed by atoms with E-state index in [-0.39, 0.29) is 17.8 Å².